The van der Waals surface area contributed by atoms with Crippen LogP contribution in [-0.4, -0.2) is 60.5 Å². The molecule has 2 amide bonds. The summed E-state index contributed by atoms with van der Waals surface area (Å²) in [5.41, 5.74) is 0.648. The molecule has 0 N–H and O–H groups in total. The summed E-state index contributed by atoms with van der Waals surface area (Å²) in [6.07, 6.45) is -0.522. The first-order valence-electron chi connectivity index (χ1n) is 9.29. The van der Waals surface area contributed by atoms with Gasteiger partial charge < -0.3 is 19.3 Å². The van der Waals surface area contributed by atoms with Crippen LogP contribution in [0.4, 0.5) is 4.39 Å². The summed E-state index contributed by atoms with van der Waals surface area (Å²) in [6.45, 7) is 1.95. The van der Waals surface area contributed by atoms with Gasteiger partial charge in [0.05, 0.1) is 6.42 Å². The molecule has 0 saturated carbocycles. The number of amides is 2. The number of ether oxygens (including phenoxy) is 2. The molecule has 0 aromatic heterocycles. The molecule has 0 bridgehead atoms. The van der Waals surface area contributed by atoms with E-state index in [1.165, 1.54) is 12.1 Å². The molecule has 0 unspecified atom stereocenters. The molecule has 2 aromatic rings. The summed E-state index contributed by atoms with van der Waals surface area (Å²) in [5, 5.41) is 0. The zero-order chi connectivity index (χ0) is 19.5. The van der Waals surface area contributed by atoms with Crippen molar-refractivity contribution in [2.45, 2.75) is 12.5 Å². The minimum Gasteiger partial charge on any atom is -0.485 e. The molecule has 1 atom stereocenters. The van der Waals surface area contributed by atoms with E-state index >= 15 is 0 Å². The number of halogens is 1. The highest BCUT2D eigenvalue weighted by molar-refractivity contribution is 5.83. The number of carbonyl (C=O) groups is 2. The largest absolute Gasteiger partial charge is 0.485 e. The third-order valence-corrected chi connectivity index (χ3v) is 4.97. The molecular weight excluding hydrogens is 363 g/mol. The molecule has 7 heteroatoms. The Morgan fingerprint density at radius 2 is 1.68 bits per heavy atom. The van der Waals surface area contributed by atoms with E-state index in [0.29, 0.717) is 43.2 Å². The molecule has 1 saturated heterocycles. The number of carbonyl (C=O) groups excluding carboxylic acids is 2. The second-order valence-corrected chi connectivity index (χ2v) is 6.88. The van der Waals surface area contributed by atoms with Crippen LogP contribution in [0.1, 0.15) is 5.56 Å². The van der Waals surface area contributed by atoms with Crippen molar-refractivity contribution in [3.63, 3.8) is 0 Å². The maximum Gasteiger partial charge on any atom is 0.267 e. The van der Waals surface area contributed by atoms with Crippen molar-refractivity contribution in [3.8, 4) is 11.5 Å². The van der Waals surface area contributed by atoms with Crippen LogP contribution in [0, 0.1) is 5.82 Å². The van der Waals surface area contributed by atoms with Crippen molar-refractivity contribution in [3.05, 3.63) is 59.9 Å². The fourth-order valence-corrected chi connectivity index (χ4v) is 3.45. The van der Waals surface area contributed by atoms with Crippen molar-refractivity contribution in [2.75, 3.05) is 32.8 Å². The van der Waals surface area contributed by atoms with Crippen LogP contribution in [0.5, 0.6) is 11.5 Å². The summed E-state index contributed by atoms with van der Waals surface area (Å²) < 4.78 is 24.7. The van der Waals surface area contributed by atoms with E-state index < -0.39 is 6.10 Å². The number of piperazine rings is 1. The summed E-state index contributed by atoms with van der Waals surface area (Å²) in [7, 11) is 0. The van der Waals surface area contributed by atoms with Gasteiger partial charge in [0.15, 0.2) is 11.5 Å². The Bertz CT molecular complexity index is 880. The average Bonchev–Trinajstić information content (AvgIpc) is 2.73. The second-order valence-electron chi connectivity index (χ2n) is 6.88. The molecule has 6 nitrogen and oxygen atoms in total. The van der Waals surface area contributed by atoms with E-state index in [0.717, 1.165) is 0 Å². The summed E-state index contributed by atoms with van der Waals surface area (Å²) >= 11 is 0. The summed E-state index contributed by atoms with van der Waals surface area (Å²) in [6, 6.07) is 13.3. The molecule has 2 aliphatic heterocycles. The van der Waals surface area contributed by atoms with Crippen molar-refractivity contribution in [1.29, 1.82) is 0 Å². The minimum absolute atomic E-state index is 0.0659. The Hall–Kier alpha value is -3.09. The highest BCUT2D eigenvalue weighted by atomic mass is 19.1. The number of hydrogen-bond donors (Lipinski definition) is 0. The molecule has 28 heavy (non-hydrogen) atoms. The fourth-order valence-electron chi connectivity index (χ4n) is 3.45. The van der Waals surface area contributed by atoms with Gasteiger partial charge in [-0.25, -0.2) is 4.39 Å². The highest BCUT2D eigenvalue weighted by Crippen LogP contribution is 2.31. The van der Waals surface area contributed by atoms with Crippen molar-refractivity contribution < 1.29 is 23.5 Å². The van der Waals surface area contributed by atoms with Crippen LogP contribution in [0.3, 0.4) is 0 Å². The Balaban J connectivity index is 1.30. The first-order valence-corrected chi connectivity index (χ1v) is 9.29. The van der Waals surface area contributed by atoms with Gasteiger partial charge in [0, 0.05) is 26.2 Å². The molecule has 2 heterocycles. The van der Waals surface area contributed by atoms with Crippen LogP contribution < -0.4 is 9.47 Å². The van der Waals surface area contributed by atoms with Crippen LogP contribution in [0.25, 0.3) is 0 Å². The van der Waals surface area contributed by atoms with E-state index in [1.807, 2.05) is 12.1 Å². The smallest absolute Gasteiger partial charge is 0.267 e. The molecule has 2 aliphatic rings. The maximum atomic E-state index is 13.3. The molecule has 2 aromatic carbocycles. The summed E-state index contributed by atoms with van der Waals surface area (Å²) in [4.78, 5) is 28.6. The maximum absolute atomic E-state index is 13.3. The Morgan fingerprint density at radius 1 is 0.964 bits per heavy atom. The molecule has 1 fully saturated rings. The number of rotatable bonds is 3. The van der Waals surface area contributed by atoms with Crippen molar-refractivity contribution in [2.24, 2.45) is 0 Å². The van der Waals surface area contributed by atoms with Gasteiger partial charge in [0.1, 0.15) is 12.4 Å². The van der Waals surface area contributed by atoms with Crippen molar-refractivity contribution in [1.82, 2.24) is 9.80 Å². The lowest BCUT2D eigenvalue weighted by atomic mass is 10.1. The van der Waals surface area contributed by atoms with Gasteiger partial charge in [-0.05, 0) is 29.8 Å². The van der Waals surface area contributed by atoms with Crippen LogP contribution in [-0.2, 0) is 16.0 Å². The van der Waals surface area contributed by atoms with Gasteiger partial charge in [-0.15, -0.1) is 0 Å². The number of fused-ring (bicyclic) bond motifs is 1. The van der Waals surface area contributed by atoms with Crippen LogP contribution >= 0.6 is 0 Å². The molecule has 0 spiro atoms. The number of hydrogen-bond acceptors (Lipinski definition) is 4. The van der Waals surface area contributed by atoms with E-state index in [-0.39, 0.29) is 30.7 Å². The molecular formula is C21H21FN2O4. The topological polar surface area (TPSA) is 59.1 Å². The molecule has 146 valence electrons. The Morgan fingerprint density at radius 3 is 2.43 bits per heavy atom. The first kappa shape index (κ1) is 18.3. The third kappa shape index (κ3) is 3.93. The normalized spacial score (nSPS) is 18.7. The lowest BCUT2D eigenvalue weighted by molar-refractivity contribution is -0.146. The van der Waals surface area contributed by atoms with Gasteiger partial charge in [-0.1, -0.05) is 24.3 Å². The monoisotopic (exact) mass is 384 g/mol. The number of benzene rings is 2. The zero-order valence-electron chi connectivity index (χ0n) is 15.3. The quantitative estimate of drug-likeness (QED) is 0.811. The van der Waals surface area contributed by atoms with Gasteiger partial charge in [-0.3, -0.25) is 9.59 Å². The fraction of sp³-hybridized carbons (Fsp3) is 0.333. The lowest BCUT2D eigenvalue weighted by Crippen LogP contribution is -2.55. The van der Waals surface area contributed by atoms with Gasteiger partial charge in [0.2, 0.25) is 12.0 Å². The summed E-state index contributed by atoms with van der Waals surface area (Å²) in [5.74, 6) is 0.655. The number of nitrogens with zero attached hydrogens (tertiary/aromatic N) is 2. The third-order valence-electron chi connectivity index (χ3n) is 4.97. The van der Waals surface area contributed by atoms with Gasteiger partial charge in [-0.2, -0.15) is 0 Å². The standard InChI is InChI=1S/C21H21FN2O4/c22-16-5-3-4-15(12-16)13-20(25)23-8-10-24(11-9-23)21(26)19-14-27-17-6-1-2-7-18(17)28-19/h1-7,12,19H,8-11,13-14H2/t19-/m0/s1. The molecule has 0 radical (unpaired) electrons. The zero-order valence-corrected chi connectivity index (χ0v) is 15.3. The highest BCUT2D eigenvalue weighted by Gasteiger charge is 2.33. The second kappa shape index (κ2) is 7.88. The van der Waals surface area contributed by atoms with Crippen molar-refractivity contribution >= 4 is 11.8 Å². The predicted molar refractivity (Wildman–Crippen MR) is 99.6 cm³/mol. The van der Waals surface area contributed by atoms with Crippen LogP contribution in [0.2, 0.25) is 0 Å². The minimum atomic E-state index is -0.676. The van der Waals surface area contributed by atoms with E-state index in [1.54, 1.807) is 34.1 Å². The number of para-hydroxylation sites is 2. The van der Waals surface area contributed by atoms with E-state index in [9.17, 15) is 14.0 Å². The van der Waals surface area contributed by atoms with Gasteiger partial charge >= 0.3 is 0 Å². The Kier molecular flexibility index (Phi) is 5.14. The molecule has 4 rings (SSSR count). The van der Waals surface area contributed by atoms with Gasteiger partial charge in [0.25, 0.3) is 5.91 Å². The van der Waals surface area contributed by atoms with E-state index in [2.05, 4.69) is 0 Å². The first-order chi connectivity index (χ1) is 13.6. The lowest BCUT2D eigenvalue weighted by Gasteiger charge is -2.37. The van der Waals surface area contributed by atoms with E-state index in [4.69, 9.17) is 9.47 Å². The molecule has 0 aliphatic carbocycles. The predicted octanol–water partition coefficient (Wildman–Crippen LogP) is 1.88. The Labute approximate surface area is 162 Å². The average molecular weight is 384 g/mol. The SMILES string of the molecule is O=C(Cc1cccc(F)c1)N1CCN(C(=O)[C@@H]2COc3ccccc3O2)CC1. The van der Waals surface area contributed by atoms with Crippen LogP contribution in [0.15, 0.2) is 48.5 Å².